The molecule has 1 N–H and O–H groups in total. The minimum absolute atomic E-state index is 0.0821. The molecule has 3 heterocycles. The average molecular weight is 447 g/mol. The van der Waals surface area contributed by atoms with Crippen LogP contribution < -0.4 is 5.32 Å². The zero-order chi connectivity index (χ0) is 22.4. The second kappa shape index (κ2) is 7.39. The number of anilines is 1. The highest BCUT2D eigenvalue weighted by Gasteiger charge is 2.41. The molecule has 0 radical (unpaired) electrons. The fourth-order valence-corrected chi connectivity index (χ4v) is 4.25. The van der Waals surface area contributed by atoms with Crippen LogP contribution in [0.15, 0.2) is 60.2 Å². The summed E-state index contributed by atoms with van der Waals surface area (Å²) in [7, 11) is 0. The molecule has 1 aliphatic rings. The number of nitro benzene ring substituents is 1. The Morgan fingerprint density at radius 3 is 2.62 bits per heavy atom. The zero-order valence-electron chi connectivity index (χ0n) is 16.2. The number of imidazole rings is 1. The molecule has 1 aliphatic heterocycles. The van der Waals surface area contributed by atoms with Crippen LogP contribution in [0.2, 0.25) is 0 Å². The molecule has 10 nitrogen and oxygen atoms in total. The van der Waals surface area contributed by atoms with Gasteiger partial charge in [-0.05, 0) is 18.2 Å². The van der Waals surface area contributed by atoms with Gasteiger partial charge in [-0.1, -0.05) is 18.2 Å². The number of thiazole rings is 1. The molecular weight excluding hydrogens is 434 g/mol. The predicted molar refractivity (Wildman–Crippen MR) is 116 cm³/mol. The van der Waals surface area contributed by atoms with E-state index in [9.17, 15) is 24.5 Å². The van der Waals surface area contributed by atoms with Crippen molar-refractivity contribution < 1.29 is 19.3 Å². The largest absolute Gasteiger partial charge is 0.325 e. The van der Waals surface area contributed by atoms with Crippen molar-refractivity contribution in [1.29, 1.82) is 0 Å². The van der Waals surface area contributed by atoms with Gasteiger partial charge in [0.15, 0.2) is 4.96 Å². The van der Waals surface area contributed by atoms with Gasteiger partial charge >= 0.3 is 0 Å². The molecule has 11 heteroatoms. The van der Waals surface area contributed by atoms with Crippen molar-refractivity contribution in [3.63, 3.8) is 0 Å². The first-order chi connectivity index (χ1) is 15.4. The Bertz CT molecular complexity index is 1390. The van der Waals surface area contributed by atoms with E-state index in [4.69, 9.17) is 0 Å². The van der Waals surface area contributed by atoms with Crippen molar-refractivity contribution in [3.05, 3.63) is 81.5 Å². The van der Waals surface area contributed by atoms with E-state index < -0.39 is 34.9 Å². The summed E-state index contributed by atoms with van der Waals surface area (Å²) in [5.74, 6) is -2.20. The van der Waals surface area contributed by atoms with E-state index in [2.05, 4.69) is 10.3 Å². The summed E-state index contributed by atoms with van der Waals surface area (Å²) in [4.78, 5) is 54.1. The molecule has 5 rings (SSSR count). The molecule has 0 saturated heterocycles. The SMILES string of the molecule is O=C(CN1C(=O)c2cccc([N+](=O)[O-])c2C1=O)Nc1ccc(-c2cn3ccsc3n2)cc1. The summed E-state index contributed by atoms with van der Waals surface area (Å²) in [5.41, 5.74) is 1.30. The summed E-state index contributed by atoms with van der Waals surface area (Å²) in [6.07, 6.45) is 3.82. The lowest BCUT2D eigenvalue weighted by Crippen LogP contribution is -2.37. The van der Waals surface area contributed by atoms with Crippen molar-refractivity contribution in [3.8, 4) is 11.3 Å². The fraction of sp³-hybridized carbons (Fsp3) is 0.0476. The minimum Gasteiger partial charge on any atom is -0.325 e. The van der Waals surface area contributed by atoms with Crippen molar-refractivity contribution >= 4 is 45.4 Å². The van der Waals surface area contributed by atoms with Crippen molar-refractivity contribution in [1.82, 2.24) is 14.3 Å². The third-order valence-corrected chi connectivity index (χ3v) is 5.80. The van der Waals surface area contributed by atoms with Gasteiger partial charge in [-0.15, -0.1) is 11.3 Å². The Hall–Kier alpha value is -4.38. The summed E-state index contributed by atoms with van der Waals surface area (Å²) in [6.45, 7) is -0.553. The molecule has 0 spiro atoms. The van der Waals surface area contributed by atoms with Gasteiger partial charge in [-0.25, -0.2) is 4.98 Å². The zero-order valence-corrected chi connectivity index (χ0v) is 17.0. The van der Waals surface area contributed by atoms with E-state index in [0.29, 0.717) is 10.6 Å². The Kier molecular flexibility index (Phi) is 4.52. The summed E-state index contributed by atoms with van der Waals surface area (Å²) >= 11 is 1.53. The third kappa shape index (κ3) is 3.20. The lowest BCUT2D eigenvalue weighted by molar-refractivity contribution is -0.385. The van der Waals surface area contributed by atoms with Crippen LogP contribution in [0.4, 0.5) is 11.4 Å². The first kappa shape index (κ1) is 19.6. The molecule has 4 aromatic rings. The van der Waals surface area contributed by atoms with Gasteiger partial charge in [-0.3, -0.25) is 33.8 Å². The number of nitro groups is 1. The maximum atomic E-state index is 12.6. The fourth-order valence-electron chi connectivity index (χ4n) is 3.55. The van der Waals surface area contributed by atoms with Crippen LogP contribution in [0.5, 0.6) is 0 Å². The van der Waals surface area contributed by atoms with E-state index in [0.717, 1.165) is 22.3 Å². The summed E-state index contributed by atoms with van der Waals surface area (Å²) < 4.78 is 1.92. The maximum Gasteiger partial charge on any atom is 0.282 e. The summed E-state index contributed by atoms with van der Waals surface area (Å²) in [6, 6.07) is 10.8. The van der Waals surface area contributed by atoms with Gasteiger partial charge in [-0.2, -0.15) is 0 Å². The summed E-state index contributed by atoms with van der Waals surface area (Å²) in [5, 5.41) is 15.8. The molecule has 0 fully saturated rings. The third-order valence-electron chi connectivity index (χ3n) is 5.03. The van der Waals surface area contributed by atoms with E-state index in [1.165, 1.54) is 23.5 Å². The van der Waals surface area contributed by atoms with Crippen LogP contribution in [0.1, 0.15) is 20.7 Å². The van der Waals surface area contributed by atoms with Gasteiger partial charge in [0.2, 0.25) is 5.91 Å². The van der Waals surface area contributed by atoms with Gasteiger partial charge < -0.3 is 5.32 Å². The number of nitrogens with one attached hydrogen (secondary N) is 1. The van der Waals surface area contributed by atoms with Crippen LogP contribution >= 0.6 is 11.3 Å². The van der Waals surface area contributed by atoms with E-state index >= 15 is 0 Å². The predicted octanol–water partition coefficient (Wildman–Crippen LogP) is 3.21. The Morgan fingerprint density at radius 2 is 1.91 bits per heavy atom. The lowest BCUT2D eigenvalue weighted by Gasteiger charge is -2.13. The quantitative estimate of drug-likeness (QED) is 0.284. The number of carbonyl (C=O) groups excluding carboxylic acids is 3. The molecule has 2 aromatic heterocycles. The number of imide groups is 1. The van der Waals surface area contributed by atoms with E-state index in [1.54, 1.807) is 24.3 Å². The molecule has 0 atom stereocenters. The molecule has 0 saturated carbocycles. The number of rotatable bonds is 5. The molecule has 0 unspecified atom stereocenters. The Morgan fingerprint density at radius 1 is 1.12 bits per heavy atom. The highest BCUT2D eigenvalue weighted by Crippen LogP contribution is 2.30. The molecular formula is C21H13N5O5S. The van der Waals surface area contributed by atoms with Crippen LogP contribution in [0, 0.1) is 10.1 Å². The van der Waals surface area contributed by atoms with Crippen LogP contribution in [-0.2, 0) is 4.79 Å². The molecule has 0 bridgehead atoms. The molecule has 0 aliphatic carbocycles. The van der Waals surface area contributed by atoms with Crippen molar-refractivity contribution in [2.45, 2.75) is 0 Å². The molecule has 3 amide bonds. The van der Waals surface area contributed by atoms with Gasteiger partial charge in [0.05, 0.1) is 16.2 Å². The van der Waals surface area contributed by atoms with Gasteiger partial charge in [0.1, 0.15) is 12.1 Å². The van der Waals surface area contributed by atoms with Crippen LogP contribution in [-0.4, -0.2) is 43.5 Å². The van der Waals surface area contributed by atoms with Gasteiger partial charge in [0.25, 0.3) is 17.5 Å². The number of benzene rings is 2. The van der Waals surface area contributed by atoms with E-state index in [-0.39, 0.29) is 11.1 Å². The highest BCUT2D eigenvalue weighted by molar-refractivity contribution is 7.15. The number of fused-ring (bicyclic) bond motifs is 2. The number of hydrogen-bond donors (Lipinski definition) is 1. The van der Waals surface area contributed by atoms with Crippen LogP contribution in [0.25, 0.3) is 16.2 Å². The Balaban J connectivity index is 1.29. The smallest absolute Gasteiger partial charge is 0.282 e. The normalized spacial score (nSPS) is 12.9. The molecule has 32 heavy (non-hydrogen) atoms. The first-order valence-corrected chi connectivity index (χ1v) is 10.3. The average Bonchev–Trinajstić information content (AvgIpc) is 3.44. The number of aromatic nitrogens is 2. The van der Waals surface area contributed by atoms with Crippen LogP contribution in [0.3, 0.4) is 0 Å². The number of amides is 3. The second-order valence-electron chi connectivity index (χ2n) is 7.00. The monoisotopic (exact) mass is 447 g/mol. The second-order valence-corrected chi connectivity index (χ2v) is 7.87. The Labute approximate surface area is 183 Å². The lowest BCUT2D eigenvalue weighted by atomic mass is 10.1. The maximum absolute atomic E-state index is 12.6. The minimum atomic E-state index is -0.859. The molecule has 158 valence electrons. The van der Waals surface area contributed by atoms with Crippen molar-refractivity contribution in [2.24, 2.45) is 0 Å². The van der Waals surface area contributed by atoms with E-state index in [1.807, 2.05) is 22.2 Å². The standard InChI is InChI=1S/C21H13N5O5S/c27-17(11-25-19(28)14-2-1-3-16(26(30)31)18(14)20(25)29)22-13-6-4-12(5-7-13)15-10-24-8-9-32-21(24)23-15/h1-10H,11H2,(H,22,27). The number of carbonyl (C=O) groups is 3. The number of hydrogen-bond acceptors (Lipinski definition) is 7. The van der Waals surface area contributed by atoms with Gasteiger partial charge in [0, 0.05) is 35.1 Å². The highest BCUT2D eigenvalue weighted by atomic mass is 32.1. The first-order valence-electron chi connectivity index (χ1n) is 9.38. The number of nitrogens with zero attached hydrogens (tertiary/aromatic N) is 4. The topological polar surface area (TPSA) is 127 Å². The van der Waals surface area contributed by atoms with Crippen molar-refractivity contribution in [2.75, 3.05) is 11.9 Å². The molecule has 2 aromatic carbocycles.